The first-order chi connectivity index (χ1) is 5.77. The average molecular weight is 166 g/mol. The summed E-state index contributed by atoms with van der Waals surface area (Å²) in [5.41, 5.74) is 0. The number of fused-ring (bicyclic) bond motifs is 4. The van der Waals surface area contributed by atoms with Crippen molar-refractivity contribution in [1.82, 2.24) is 0 Å². The fourth-order valence-corrected chi connectivity index (χ4v) is 3.09. The number of hydrogen-bond donors (Lipinski definition) is 0. The molecule has 3 aliphatic rings. The predicted molar refractivity (Wildman–Crippen MR) is 48.9 cm³/mol. The van der Waals surface area contributed by atoms with Gasteiger partial charge in [-0.1, -0.05) is 19.3 Å². The van der Waals surface area contributed by atoms with E-state index in [1.54, 1.807) is 6.92 Å². The molecular weight excluding hydrogens is 148 g/mol. The van der Waals surface area contributed by atoms with E-state index in [1.165, 1.54) is 38.5 Å². The Morgan fingerprint density at radius 3 is 2.75 bits per heavy atom. The SMILES string of the molecule is CC(=O)C1C[C@H]2CCC[C@@H]1CC2. The second kappa shape index (κ2) is 3.20. The Hall–Kier alpha value is -0.330. The minimum Gasteiger partial charge on any atom is -0.300 e. The minimum absolute atomic E-state index is 0.436. The Morgan fingerprint density at radius 1 is 1.17 bits per heavy atom. The first-order valence-corrected chi connectivity index (χ1v) is 5.28. The fraction of sp³-hybridized carbons (Fsp3) is 0.909. The summed E-state index contributed by atoms with van der Waals surface area (Å²) in [7, 11) is 0. The van der Waals surface area contributed by atoms with Crippen LogP contribution in [0.3, 0.4) is 0 Å². The maximum Gasteiger partial charge on any atom is 0.133 e. The zero-order valence-electron chi connectivity index (χ0n) is 7.88. The molecule has 68 valence electrons. The van der Waals surface area contributed by atoms with Crippen molar-refractivity contribution in [3.8, 4) is 0 Å². The van der Waals surface area contributed by atoms with E-state index in [9.17, 15) is 4.79 Å². The van der Waals surface area contributed by atoms with Crippen LogP contribution in [0.5, 0.6) is 0 Å². The van der Waals surface area contributed by atoms with Crippen LogP contribution in [0.1, 0.15) is 45.4 Å². The Balaban J connectivity index is 2.11. The van der Waals surface area contributed by atoms with Crippen molar-refractivity contribution in [2.75, 3.05) is 0 Å². The Morgan fingerprint density at radius 2 is 2.00 bits per heavy atom. The number of hydrogen-bond acceptors (Lipinski definition) is 1. The normalized spacial score (nSPS) is 40.9. The minimum atomic E-state index is 0.436. The maximum atomic E-state index is 11.3. The molecular formula is C11H18O. The van der Waals surface area contributed by atoms with E-state index in [0.717, 1.165) is 11.8 Å². The van der Waals surface area contributed by atoms with E-state index in [1.807, 2.05) is 0 Å². The molecule has 0 N–H and O–H groups in total. The molecule has 0 saturated heterocycles. The third kappa shape index (κ3) is 1.41. The highest BCUT2D eigenvalue weighted by Crippen LogP contribution is 2.42. The molecule has 2 bridgehead atoms. The van der Waals surface area contributed by atoms with E-state index in [0.29, 0.717) is 11.7 Å². The van der Waals surface area contributed by atoms with Gasteiger partial charge in [-0.15, -0.1) is 0 Å². The highest BCUT2D eigenvalue weighted by molar-refractivity contribution is 5.78. The molecule has 0 aromatic heterocycles. The Bertz CT molecular complexity index is 181. The van der Waals surface area contributed by atoms with E-state index < -0.39 is 0 Å². The lowest BCUT2D eigenvalue weighted by atomic mass is 9.74. The van der Waals surface area contributed by atoms with Crippen molar-refractivity contribution in [2.45, 2.75) is 45.4 Å². The zero-order valence-corrected chi connectivity index (χ0v) is 7.88. The molecule has 3 atom stereocenters. The number of rotatable bonds is 1. The second-order valence-corrected chi connectivity index (χ2v) is 4.59. The monoisotopic (exact) mass is 166 g/mol. The van der Waals surface area contributed by atoms with Gasteiger partial charge < -0.3 is 0 Å². The lowest BCUT2D eigenvalue weighted by Crippen LogP contribution is -2.27. The lowest BCUT2D eigenvalue weighted by molar-refractivity contribution is -0.123. The van der Waals surface area contributed by atoms with Crippen LogP contribution in [-0.2, 0) is 4.79 Å². The molecule has 3 fully saturated rings. The van der Waals surface area contributed by atoms with Gasteiger partial charge >= 0.3 is 0 Å². The zero-order chi connectivity index (χ0) is 8.55. The summed E-state index contributed by atoms with van der Waals surface area (Å²) in [5.74, 6) is 2.52. The van der Waals surface area contributed by atoms with Crippen LogP contribution < -0.4 is 0 Å². The Kier molecular flexibility index (Phi) is 2.20. The third-order valence-corrected chi connectivity index (χ3v) is 3.81. The molecule has 0 aromatic rings. The van der Waals surface area contributed by atoms with Crippen molar-refractivity contribution in [1.29, 1.82) is 0 Å². The van der Waals surface area contributed by atoms with Gasteiger partial charge in [-0.3, -0.25) is 4.79 Å². The van der Waals surface area contributed by atoms with Crippen molar-refractivity contribution in [3.05, 3.63) is 0 Å². The average Bonchev–Trinajstić information content (AvgIpc) is 2.36. The van der Waals surface area contributed by atoms with Crippen molar-refractivity contribution < 1.29 is 4.79 Å². The van der Waals surface area contributed by atoms with Crippen LogP contribution in [0.2, 0.25) is 0 Å². The molecule has 0 amide bonds. The number of ketones is 1. The van der Waals surface area contributed by atoms with E-state index in [2.05, 4.69) is 0 Å². The van der Waals surface area contributed by atoms with E-state index >= 15 is 0 Å². The first kappa shape index (κ1) is 8.28. The van der Waals surface area contributed by atoms with Crippen LogP contribution >= 0.6 is 0 Å². The number of Topliss-reactive ketones (excluding diaryl/α,β-unsaturated/α-hetero) is 1. The highest BCUT2D eigenvalue weighted by atomic mass is 16.1. The summed E-state index contributed by atoms with van der Waals surface area (Å²) in [6.07, 6.45) is 8.02. The largest absolute Gasteiger partial charge is 0.300 e. The van der Waals surface area contributed by atoms with Gasteiger partial charge in [0.25, 0.3) is 0 Å². The van der Waals surface area contributed by atoms with Gasteiger partial charge in [0, 0.05) is 5.92 Å². The van der Waals surface area contributed by atoms with Crippen molar-refractivity contribution in [2.24, 2.45) is 17.8 Å². The molecule has 0 spiro atoms. The summed E-state index contributed by atoms with van der Waals surface area (Å²) in [4.78, 5) is 11.3. The topological polar surface area (TPSA) is 17.1 Å². The van der Waals surface area contributed by atoms with Crippen LogP contribution in [0.25, 0.3) is 0 Å². The van der Waals surface area contributed by atoms with Gasteiger partial charge in [0.15, 0.2) is 0 Å². The molecule has 0 aromatic carbocycles. The summed E-state index contributed by atoms with van der Waals surface area (Å²) >= 11 is 0. The van der Waals surface area contributed by atoms with Crippen molar-refractivity contribution in [3.63, 3.8) is 0 Å². The van der Waals surface area contributed by atoms with Gasteiger partial charge in [-0.25, -0.2) is 0 Å². The summed E-state index contributed by atoms with van der Waals surface area (Å²) in [6.45, 7) is 1.78. The predicted octanol–water partition coefficient (Wildman–Crippen LogP) is 2.79. The van der Waals surface area contributed by atoms with Crippen LogP contribution in [-0.4, -0.2) is 5.78 Å². The molecule has 1 nitrogen and oxygen atoms in total. The number of carbonyl (C=O) groups excluding carboxylic acids is 1. The van der Waals surface area contributed by atoms with Gasteiger partial charge in [-0.05, 0) is 38.0 Å². The standard InChI is InChI=1S/C11H18O/c1-8(12)11-7-9-3-2-4-10(11)6-5-9/h9-11H,2-7H2,1H3/t9-,10+,11?/m0/s1. The number of carbonyl (C=O) groups is 1. The molecule has 1 heteroatoms. The summed E-state index contributed by atoms with van der Waals surface area (Å²) in [6, 6.07) is 0. The second-order valence-electron chi connectivity index (χ2n) is 4.59. The smallest absolute Gasteiger partial charge is 0.133 e. The Labute approximate surface area is 74.5 Å². The van der Waals surface area contributed by atoms with E-state index in [-0.39, 0.29) is 0 Å². The van der Waals surface area contributed by atoms with Crippen LogP contribution in [0.15, 0.2) is 0 Å². The fourth-order valence-electron chi connectivity index (χ4n) is 3.09. The van der Waals surface area contributed by atoms with Gasteiger partial charge in [-0.2, -0.15) is 0 Å². The molecule has 1 unspecified atom stereocenters. The summed E-state index contributed by atoms with van der Waals surface area (Å²) < 4.78 is 0. The van der Waals surface area contributed by atoms with Crippen LogP contribution in [0.4, 0.5) is 0 Å². The molecule has 0 aliphatic heterocycles. The lowest BCUT2D eigenvalue weighted by Gasteiger charge is -2.30. The highest BCUT2D eigenvalue weighted by Gasteiger charge is 2.35. The third-order valence-electron chi connectivity index (χ3n) is 3.81. The summed E-state index contributed by atoms with van der Waals surface area (Å²) in [5, 5.41) is 0. The molecule has 3 rings (SSSR count). The molecule has 0 radical (unpaired) electrons. The molecule has 3 aliphatic carbocycles. The molecule has 12 heavy (non-hydrogen) atoms. The molecule has 0 heterocycles. The molecule has 3 saturated carbocycles. The van der Waals surface area contributed by atoms with Gasteiger partial charge in [0.05, 0.1) is 0 Å². The quantitative estimate of drug-likeness (QED) is 0.585. The van der Waals surface area contributed by atoms with Crippen LogP contribution in [0, 0.1) is 17.8 Å². The van der Waals surface area contributed by atoms with Crippen molar-refractivity contribution >= 4 is 5.78 Å². The first-order valence-electron chi connectivity index (χ1n) is 5.28. The van der Waals surface area contributed by atoms with Gasteiger partial charge in [0.2, 0.25) is 0 Å². The van der Waals surface area contributed by atoms with Gasteiger partial charge in [0.1, 0.15) is 5.78 Å². The van der Waals surface area contributed by atoms with E-state index in [4.69, 9.17) is 0 Å². The maximum absolute atomic E-state index is 11.3.